The number of amides is 1. The first-order valence-corrected chi connectivity index (χ1v) is 11.4. The second kappa shape index (κ2) is 10.0. The highest BCUT2D eigenvalue weighted by Crippen LogP contribution is 2.25. The van der Waals surface area contributed by atoms with Gasteiger partial charge in [-0.05, 0) is 63.4 Å². The molecule has 2 aromatic rings. The van der Waals surface area contributed by atoms with E-state index >= 15 is 0 Å². The maximum Gasteiger partial charge on any atom is 0.224 e. The Morgan fingerprint density at radius 3 is 2.63 bits per heavy atom. The molecule has 1 N–H and O–H groups in total. The molecule has 2 fully saturated rings. The zero-order valence-electron chi connectivity index (χ0n) is 18.0. The average Bonchev–Trinajstić information content (AvgIpc) is 2.80. The molecule has 2 aliphatic heterocycles. The van der Waals surface area contributed by atoms with Crippen molar-refractivity contribution in [3.8, 4) is 11.3 Å². The number of likely N-dealkylation sites (tertiary alicyclic amines) is 1. The van der Waals surface area contributed by atoms with Gasteiger partial charge < -0.3 is 15.1 Å². The molecule has 0 spiro atoms. The predicted molar refractivity (Wildman–Crippen MR) is 120 cm³/mol. The molecule has 2 aliphatic rings. The number of hydrogen-bond acceptors (Lipinski definition) is 5. The zero-order valence-corrected chi connectivity index (χ0v) is 18.0. The van der Waals surface area contributed by atoms with Crippen molar-refractivity contribution in [2.24, 2.45) is 5.92 Å². The molecule has 6 heteroatoms. The van der Waals surface area contributed by atoms with Crippen LogP contribution >= 0.6 is 0 Å². The molecule has 4 rings (SSSR count). The summed E-state index contributed by atoms with van der Waals surface area (Å²) in [5.41, 5.74) is 3.20. The van der Waals surface area contributed by atoms with Crippen LogP contribution in [0.5, 0.6) is 0 Å². The lowest BCUT2D eigenvalue weighted by atomic mass is 9.97. The Balaban J connectivity index is 1.31. The number of carbonyl (C=O) groups is 1. The minimum absolute atomic E-state index is 0.0259. The number of anilines is 1. The lowest BCUT2D eigenvalue weighted by molar-refractivity contribution is -0.125. The summed E-state index contributed by atoms with van der Waals surface area (Å²) in [6, 6.07) is 12.3. The van der Waals surface area contributed by atoms with Gasteiger partial charge in [0, 0.05) is 31.7 Å². The Labute approximate surface area is 179 Å². The van der Waals surface area contributed by atoms with Crippen molar-refractivity contribution in [1.29, 1.82) is 0 Å². The highest BCUT2D eigenvalue weighted by atomic mass is 16.1. The van der Waals surface area contributed by atoms with Gasteiger partial charge >= 0.3 is 0 Å². The summed E-state index contributed by atoms with van der Waals surface area (Å²) in [5, 5.41) is 12.1. The van der Waals surface area contributed by atoms with Crippen LogP contribution in [0.15, 0.2) is 36.4 Å². The molecule has 1 atom stereocenters. The van der Waals surface area contributed by atoms with Gasteiger partial charge in [0.2, 0.25) is 5.91 Å². The molecule has 1 aromatic carbocycles. The molecule has 0 bridgehead atoms. The van der Waals surface area contributed by atoms with Crippen LogP contribution in [-0.4, -0.2) is 60.3 Å². The minimum Gasteiger partial charge on any atom is -0.355 e. The van der Waals surface area contributed by atoms with Crippen LogP contribution in [0.2, 0.25) is 0 Å². The largest absolute Gasteiger partial charge is 0.355 e. The van der Waals surface area contributed by atoms with Gasteiger partial charge in [-0.2, -0.15) is 0 Å². The third kappa shape index (κ3) is 5.17. The van der Waals surface area contributed by atoms with E-state index in [1.807, 2.05) is 24.3 Å². The zero-order chi connectivity index (χ0) is 20.8. The molecular formula is C24H33N5O. The number of aryl methyl sites for hydroxylation is 1. The van der Waals surface area contributed by atoms with E-state index in [1.54, 1.807) is 0 Å². The van der Waals surface area contributed by atoms with Gasteiger partial charge in [0.05, 0.1) is 11.6 Å². The van der Waals surface area contributed by atoms with Crippen LogP contribution < -0.4 is 10.2 Å². The fraction of sp³-hybridized carbons (Fsp3) is 0.542. The third-order valence-electron chi connectivity index (χ3n) is 6.36. The van der Waals surface area contributed by atoms with E-state index in [4.69, 9.17) is 0 Å². The number of aromatic nitrogens is 2. The van der Waals surface area contributed by atoms with Crippen LogP contribution in [0.25, 0.3) is 11.3 Å². The highest BCUT2D eigenvalue weighted by Gasteiger charge is 2.26. The molecule has 0 aliphatic carbocycles. The maximum absolute atomic E-state index is 12.7. The molecule has 0 unspecified atom stereocenters. The topological polar surface area (TPSA) is 61.4 Å². The van der Waals surface area contributed by atoms with Crippen LogP contribution in [-0.2, 0) is 4.79 Å². The van der Waals surface area contributed by atoms with Crippen molar-refractivity contribution in [1.82, 2.24) is 20.4 Å². The maximum atomic E-state index is 12.7. The van der Waals surface area contributed by atoms with Crippen molar-refractivity contribution in [3.05, 3.63) is 42.0 Å². The Morgan fingerprint density at radius 2 is 1.87 bits per heavy atom. The summed E-state index contributed by atoms with van der Waals surface area (Å²) in [5.74, 6) is 1.07. The smallest absolute Gasteiger partial charge is 0.224 e. The molecule has 0 saturated carbocycles. The number of hydrogen-bond donors (Lipinski definition) is 1. The Hall–Kier alpha value is -2.47. The molecule has 160 valence electrons. The standard InChI is InChI=1S/C24H33N5O/c1-19-8-3-4-10-21(19)22-11-12-23(27-26-22)29-16-7-9-20(18-29)24(30)25-13-17-28-14-5-2-6-15-28/h3-4,8,10-12,20H,2,5-7,9,13-18H2,1H3,(H,25,30)/t20-/m0/s1. The number of nitrogens with zero attached hydrogens (tertiary/aromatic N) is 4. The number of piperidine rings is 2. The van der Waals surface area contributed by atoms with E-state index in [9.17, 15) is 4.79 Å². The van der Waals surface area contributed by atoms with Crippen molar-refractivity contribution >= 4 is 11.7 Å². The summed E-state index contributed by atoms with van der Waals surface area (Å²) < 4.78 is 0. The lowest BCUT2D eigenvalue weighted by Crippen LogP contribution is -2.45. The molecule has 6 nitrogen and oxygen atoms in total. The SMILES string of the molecule is Cc1ccccc1-c1ccc(N2CCC[C@H](C(=O)NCCN3CCCCC3)C2)nn1. The van der Waals surface area contributed by atoms with Gasteiger partial charge in [0.1, 0.15) is 0 Å². The van der Waals surface area contributed by atoms with E-state index in [-0.39, 0.29) is 11.8 Å². The second-order valence-corrected chi connectivity index (χ2v) is 8.57. The summed E-state index contributed by atoms with van der Waals surface area (Å²) in [7, 11) is 0. The predicted octanol–water partition coefficient (Wildman–Crippen LogP) is 3.27. The molecular weight excluding hydrogens is 374 g/mol. The van der Waals surface area contributed by atoms with Gasteiger partial charge in [-0.15, -0.1) is 10.2 Å². The average molecular weight is 408 g/mol. The first-order valence-electron chi connectivity index (χ1n) is 11.4. The Morgan fingerprint density at radius 1 is 1.03 bits per heavy atom. The summed E-state index contributed by atoms with van der Waals surface area (Å²) >= 11 is 0. The molecule has 3 heterocycles. The van der Waals surface area contributed by atoms with Crippen molar-refractivity contribution in [2.75, 3.05) is 44.2 Å². The van der Waals surface area contributed by atoms with Crippen LogP contribution in [0.4, 0.5) is 5.82 Å². The molecule has 30 heavy (non-hydrogen) atoms. The Bertz CT molecular complexity index is 832. The van der Waals surface area contributed by atoms with E-state index in [0.29, 0.717) is 6.54 Å². The number of carbonyl (C=O) groups excluding carboxylic acids is 1. The van der Waals surface area contributed by atoms with E-state index in [2.05, 4.69) is 44.4 Å². The molecule has 1 amide bonds. The fourth-order valence-corrected chi connectivity index (χ4v) is 4.56. The molecule has 2 saturated heterocycles. The quantitative estimate of drug-likeness (QED) is 0.796. The normalized spacial score (nSPS) is 20.2. The number of rotatable bonds is 6. The minimum atomic E-state index is 0.0259. The first kappa shape index (κ1) is 20.8. The van der Waals surface area contributed by atoms with Gasteiger partial charge in [-0.3, -0.25) is 4.79 Å². The van der Waals surface area contributed by atoms with Crippen LogP contribution in [0.3, 0.4) is 0 Å². The van der Waals surface area contributed by atoms with E-state index < -0.39 is 0 Å². The van der Waals surface area contributed by atoms with Gasteiger partial charge in [0.25, 0.3) is 0 Å². The van der Waals surface area contributed by atoms with Crippen molar-refractivity contribution < 1.29 is 4.79 Å². The monoisotopic (exact) mass is 407 g/mol. The Kier molecular flexibility index (Phi) is 6.95. The highest BCUT2D eigenvalue weighted by molar-refractivity contribution is 5.79. The second-order valence-electron chi connectivity index (χ2n) is 8.57. The molecule has 0 radical (unpaired) electrons. The number of nitrogens with one attached hydrogen (secondary N) is 1. The third-order valence-corrected chi connectivity index (χ3v) is 6.36. The summed E-state index contributed by atoms with van der Waals surface area (Å²) in [6.07, 6.45) is 5.87. The van der Waals surface area contributed by atoms with Gasteiger partial charge in [-0.25, -0.2) is 0 Å². The van der Waals surface area contributed by atoms with Crippen LogP contribution in [0.1, 0.15) is 37.7 Å². The van der Waals surface area contributed by atoms with Crippen LogP contribution in [0, 0.1) is 12.8 Å². The van der Waals surface area contributed by atoms with Gasteiger partial charge in [-0.1, -0.05) is 30.7 Å². The first-order chi connectivity index (χ1) is 14.7. The summed E-state index contributed by atoms with van der Waals surface area (Å²) in [4.78, 5) is 17.4. The van der Waals surface area contributed by atoms with Crippen molar-refractivity contribution in [2.45, 2.75) is 39.0 Å². The lowest BCUT2D eigenvalue weighted by Gasteiger charge is -2.33. The van der Waals surface area contributed by atoms with E-state index in [1.165, 1.54) is 37.9 Å². The summed E-state index contributed by atoms with van der Waals surface area (Å²) in [6.45, 7) is 7.79. The van der Waals surface area contributed by atoms with Crippen molar-refractivity contribution in [3.63, 3.8) is 0 Å². The molecule has 1 aromatic heterocycles. The fourth-order valence-electron chi connectivity index (χ4n) is 4.56. The van der Waals surface area contributed by atoms with E-state index in [0.717, 1.165) is 49.6 Å². The number of benzene rings is 1. The van der Waals surface area contributed by atoms with Gasteiger partial charge in [0.15, 0.2) is 5.82 Å².